The van der Waals surface area contributed by atoms with Crippen molar-refractivity contribution >= 4 is 17.9 Å². The minimum absolute atomic E-state index is 0.107. The van der Waals surface area contributed by atoms with E-state index in [1.807, 2.05) is 4.31 Å². The van der Waals surface area contributed by atoms with E-state index in [-0.39, 0.29) is 5.91 Å². The van der Waals surface area contributed by atoms with Crippen LogP contribution in [0.15, 0.2) is 12.7 Å². The number of rotatable bonds is 1. The number of hydrogen-bond acceptors (Lipinski definition) is 2. The summed E-state index contributed by atoms with van der Waals surface area (Å²) in [5.74, 6) is 2.05. The molecule has 3 fully saturated rings. The summed E-state index contributed by atoms with van der Waals surface area (Å²) >= 11 is 1.73. The lowest BCUT2D eigenvalue weighted by Crippen LogP contribution is -2.42. The Morgan fingerprint density at radius 3 is 2.94 bits per heavy atom. The summed E-state index contributed by atoms with van der Waals surface area (Å²) in [5, 5.41) is 0. The second kappa shape index (κ2) is 3.06. The number of hydrogen-bond donors (Lipinski definition) is 0. The monoisotopic (exact) mass is 237 g/mol. The van der Waals surface area contributed by atoms with E-state index in [4.69, 9.17) is 0 Å². The van der Waals surface area contributed by atoms with Crippen molar-refractivity contribution in [2.75, 3.05) is 5.75 Å². The zero-order valence-electron chi connectivity index (χ0n) is 10.0. The van der Waals surface area contributed by atoms with E-state index < -0.39 is 0 Å². The van der Waals surface area contributed by atoms with Gasteiger partial charge in [0, 0.05) is 11.2 Å². The standard InChI is InChI=1S/C13H19NOS/c1-4-11(15)14-10-7-9-5-6-13(10,8-16-14)12(9,2)3/h4,9-10H,1,5-8H2,2-3H3/t9-,10+,13-/m1/s1. The largest absolute Gasteiger partial charge is 0.279 e. The molecular weight excluding hydrogens is 218 g/mol. The van der Waals surface area contributed by atoms with Crippen molar-refractivity contribution in [2.45, 2.75) is 39.2 Å². The second-order valence-corrected chi connectivity index (χ2v) is 6.95. The quantitative estimate of drug-likeness (QED) is 0.516. The molecule has 3 heteroatoms. The maximum Gasteiger partial charge on any atom is 0.256 e. The average Bonchev–Trinajstić information content (AvgIpc) is 2.83. The molecule has 3 rings (SSSR count). The van der Waals surface area contributed by atoms with Gasteiger partial charge in [0.05, 0.1) is 6.04 Å². The lowest BCUT2D eigenvalue weighted by atomic mass is 9.69. The van der Waals surface area contributed by atoms with Gasteiger partial charge in [0.15, 0.2) is 0 Å². The van der Waals surface area contributed by atoms with Gasteiger partial charge in [0.1, 0.15) is 0 Å². The third-order valence-electron chi connectivity index (χ3n) is 5.52. The molecule has 88 valence electrons. The van der Waals surface area contributed by atoms with E-state index in [2.05, 4.69) is 20.4 Å². The summed E-state index contributed by atoms with van der Waals surface area (Å²) in [6.07, 6.45) is 5.34. The highest BCUT2D eigenvalue weighted by molar-refractivity contribution is 7.97. The van der Waals surface area contributed by atoms with E-state index in [1.165, 1.54) is 25.3 Å². The third-order valence-corrected chi connectivity index (χ3v) is 6.88. The highest BCUT2D eigenvalue weighted by Gasteiger charge is 2.68. The molecule has 2 nitrogen and oxygen atoms in total. The molecule has 2 aliphatic carbocycles. The highest BCUT2D eigenvalue weighted by Crippen LogP contribution is 2.71. The highest BCUT2D eigenvalue weighted by atomic mass is 32.2. The van der Waals surface area contributed by atoms with Gasteiger partial charge in [-0.05, 0) is 48.6 Å². The number of fused-ring (bicyclic) bond motifs is 1. The van der Waals surface area contributed by atoms with Crippen molar-refractivity contribution in [2.24, 2.45) is 16.7 Å². The summed E-state index contributed by atoms with van der Waals surface area (Å²) in [5.41, 5.74) is 0.807. The number of nitrogens with zero attached hydrogens (tertiary/aromatic N) is 1. The predicted octanol–water partition coefficient (Wildman–Crippen LogP) is 2.86. The molecule has 1 spiro atoms. The van der Waals surface area contributed by atoms with E-state index in [1.54, 1.807) is 11.9 Å². The van der Waals surface area contributed by atoms with Gasteiger partial charge >= 0.3 is 0 Å². The van der Waals surface area contributed by atoms with Gasteiger partial charge in [-0.25, -0.2) is 0 Å². The van der Waals surface area contributed by atoms with Crippen LogP contribution in [0.1, 0.15) is 33.1 Å². The van der Waals surface area contributed by atoms with Crippen LogP contribution < -0.4 is 0 Å². The van der Waals surface area contributed by atoms with Crippen molar-refractivity contribution < 1.29 is 4.79 Å². The van der Waals surface area contributed by atoms with Gasteiger partial charge in [-0.1, -0.05) is 20.4 Å². The van der Waals surface area contributed by atoms with E-state index in [0.717, 1.165) is 11.7 Å². The summed E-state index contributed by atoms with van der Waals surface area (Å²) in [6.45, 7) is 8.43. The normalized spacial score (nSPS) is 43.5. The number of carbonyl (C=O) groups excluding carboxylic acids is 1. The molecule has 1 saturated heterocycles. The molecule has 1 heterocycles. The molecule has 3 aliphatic rings. The zero-order valence-corrected chi connectivity index (χ0v) is 10.8. The fourth-order valence-corrected chi connectivity index (χ4v) is 6.03. The Hall–Kier alpha value is -0.440. The number of amides is 1. The topological polar surface area (TPSA) is 20.3 Å². The summed E-state index contributed by atoms with van der Waals surface area (Å²) < 4.78 is 2.01. The van der Waals surface area contributed by atoms with Crippen LogP contribution in [0.25, 0.3) is 0 Å². The SMILES string of the molecule is C=CC(=O)N1SC[C@]23CC[C@H](C[C@H]12)C3(C)C. The lowest BCUT2D eigenvalue weighted by molar-refractivity contribution is -0.123. The first-order chi connectivity index (χ1) is 7.53. The van der Waals surface area contributed by atoms with E-state index in [9.17, 15) is 4.79 Å². The van der Waals surface area contributed by atoms with Crippen LogP contribution in [0.3, 0.4) is 0 Å². The average molecular weight is 237 g/mol. The first-order valence-corrected chi connectivity index (χ1v) is 7.06. The molecule has 2 bridgehead atoms. The maximum atomic E-state index is 11.8. The molecule has 3 atom stereocenters. The van der Waals surface area contributed by atoms with Gasteiger partial charge in [-0.2, -0.15) is 0 Å². The molecule has 1 aliphatic heterocycles. The van der Waals surface area contributed by atoms with Crippen molar-refractivity contribution in [1.82, 2.24) is 4.31 Å². The second-order valence-electron chi connectivity index (χ2n) is 6.01. The fraction of sp³-hybridized carbons (Fsp3) is 0.769. The molecule has 0 radical (unpaired) electrons. The van der Waals surface area contributed by atoms with Gasteiger partial charge in [-0.3, -0.25) is 9.10 Å². The zero-order chi connectivity index (χ0) is 11.6. The molecule has 0 aromatic carbocycles. The van der Waals surface area contributed by atoms with Gasteiger partial charge in [0.2, 0.25) is 0 Å². The van der Waals surface area contributed by atoms with Crippen molar-refractivity contribution in [3.63, 3.8) is 0 Å². The van der Waals surface area contributed by atoms with Crippen LogP contribution in [0.2, 0.25) is 0 Å². The first-order valence-electron chi connectivity index (χ1n) is 6.11. The Morgan fingerprint density at radius 2 is 2.31 bits per heavy atom. The first kappa shape index (κ1) is 10.7. The lowest BCUT2D eigenvalue weighted by Gasteiger charge is -2.37. The van der Waals surface area contributed by atoms with Crippen molar-refractivity contribution in [1.29, 1.82) is 0 Å². The number of carbonyl (C=O) groups is 1. The van der Waals surface area contributed by atoms with Crippen molar-refractivity contribution in [3.8, 4) is 0 Å². The Kier molecular flexibility index (Phi) is 2.05. The van der Waals surface area contributed by atoms with Crippen LogP contribution >= 0.6 is 11.9 Å². The molecule has 1 amide bonds. The van der Waals surface area contributed by atoms with Gasteiger partial charge in [0.25, 0.3) is 5.91 Å². The van der Waals surface area contributed by atoms with Gasteiger partial charge in [-0.15, -0.1) is 0 Å². The molecular formula is C13H19NOS. The minimum atomic E-state index is 0.107. The Morgan fingerprint density at radius 1 is 1.56 bits per heavy atom. The molecule has 2 saturated carbocycles. The smallest absolute Gasteiger partial charge is 0.256 e. The van der Waals surface area contributed by atoms with Crippen LogP contribution in [-0.4, -0.2) is 22.0 Å². The third kappa shape index (κ3) is 0.987. The molecule has 0 N–H and O–H groups in total. The summed E-state index contributed by atoms with van der Waals surface area (Å²) in [6, 6.07) is 0.469. The summed E-state index contributed by atoms with van der Waals surface area (Å²) in [4.78, 5) is 11.8. The van der Waals surface area contributed by atoms with E-state index in [0.29, 0.717) is 16.9 Å². The van der Waals surface area contributed by atoms with Crippen LogP contribution in [0.4, 0.5) is 0 Å². The molecule has 0 aromatic rings. The van der Waals surface area contributed by atoms with Gasteiger partial charge < -0.3 is 0 Å². The molecule has 0 aromatic heterocycles. The molecule has 16 heavy (non-hydrogen) atoms. The summed E-state index contributed by atoms with van der Waals surface area (Å²) in [7, 11) is 0. The van der Waals surface area contributed by atoms with Crippen LogP contribution in [0, 0.1) is 16.7 Å². The fourth-order valence-electron chi connectivity index (χ4n) is 4.28. The Labute approximate surface area is 102 Å². The predicted molar refractivity (Wildman–Crippen MR) is 66.8 cm³/mol. The van der Waals surface area contributed by atoms with Crippen LogP contribution in [0.5, 0.6) is 0 Å². The Balaban J connectivity index is 1.97. The van der Waals surface area contributed by atoms with Crippen LogP contribution in [-0.2, 0) is 4.79 Å². The molecule has 0 unspecified atom stereocenters. The van der Waals surface area contributed by atoms with Crippen molar-refractivity contribution in [3.05, 3.63) is 12.7 Å². The minimum Gasteiger partial charge on any atom is -0.279 e. The Bertz CT molecular complexity index is 365. The van der Waals surface area contributed by atoms with E-state index >= 15 is 0 Å². The maximum absolute atomic E-state index is 11.8.